The van der Waals surface area contributed by atoms with Gasteiger partial charge in [-0.05, 0) is 42.0 Å². The van der Waals surface area contributed by atoms with E-state index in [0.717, 1.165) is 24.3 Å². The van der Waals surface area contributed by atoms with Crippen LogP contribution in [0.4, 0.5) is 4.39 Å². The Balaban J connectivity index is 2.19. The van der Waals surface area contributed by atoms with E-state index >= 15 is 0 Å². The van der Waals surface area contributed by atoms with Gasteiger partial charge in [0.2, 0.25) is 5.91 Å². The van der Waals surface area contributed by atoms with E-state index in [1.165, 1.54) is 12.1 Å². The van der Waals surface area contributed by atoms with Gasteiger partial charge in [-0.2, -0.15) is 11.8 Å². The smallest absolute Gasteiger partial charge is 0.241 e. The Morgan fingerprint density at radius 1 is 1.38 bits per heavy atom. The second-order valence-electron chi connectivity index (χ2n) is 5.63. The van der Waals surface area contributed by atoms with Gasteiger partial charge >= 0.3 is 0 Å². The maximum atomic E-state index is 13.1. The number of hydrogen-bond acceptors (Lipinski definition) is 3. The van der Waals surface area contributed by atoms with Crippen molar-refractivity contribution >= 4 is 17.7 Å². The molecular weight excluding hydrogens is 287 g/mol. The fourth-order valence-electron chi connectivity index (χ4n) is 2.76. The van der Waals surface area contributed by atoms with Gasteiger partial charge in [0.05, 0.1) is 6.04 Å². The van der Waals surface area contributed by atoms with Crippen molar-refractivity contribution in [1.29, 1.82) is 0 Å². The van der Waals surface area contributed by atoms with Gasteiger partial charge in [-0.15, -0.1) is 0 Å². The average molecular weight is 310 g/mol. The predicted octanol–water partition coefficient (Wildman–Crippen LogP) is 3.03. The van der Waals surface area contributed by atoms with Gasteiger partial charge in [0.1, 0.15) is 12.0 Å². The van der Waals surface area contributed by atoms with E-state index in [1.54, 1.807) is 23.9 Å². The molecule has 1 aliphatic heterocycles. The number of hydrogen-bond donors (Lipinski definition) is 1. The van der Waals surface area contributed by atoms with Crippen molar-refractivity contribution in [3.05, 3.63) is 35.6 Å². The summed E-state index contributed by atoms with van der Waals surface area (Å²) in [6.07, 6.45) is 2.70. The predicted molar refractivity (Wildman–Crippen MR) is 85.6 cm³/mol. The van der Waals surface area contributed by atoms with Crippen LogP contribution in [-0.2, 0) is 4.79 Å². The highest BCUT2D eigenvalue weighted by molar-refractivity contribution is 7.98. The minimum absolute atomic E-state index is 0.137. The molecule has 0 bridgehead atoms. The Bertz CT molecular complexity index is 480. The molecule has 3 atom stereocenters. The summed E-state index contributed by atoms with van der Waals surface area (Å²) in [5, 5.41) is 3.37. The first-order valence-electron chi connectivity index (χ1n) is 7.37. The molecule has 0 spiro atoms. The molecule has 3 unspecified atom stereocenters. The molecule has 2 rings (SSSR count). The van der Waals surface area contributed by atoms with Crippen LogP contribution >= 0.6 is 11.8 Å². The standard InChI is InChI=1S/C16H23FN2OS/c1-4-14-16(20)19(9-11(2)10-21-3)15(18-14)12-5-7-13(17)8-6-12/h5-8,11,14-15,18H,4,9-10H2,1-3H3. The summed E-state index contributed by atoms with van der Waals surface area (Å²) in [6, 6.07) is 6.27. The highest BCUT2D eigenvalue weighted by atomic mass is 32.2. The van der Waals surface area contributed by atoms with Crippen LogP contribution in [0.1, 0.15) is 32.0 Å². The van der Waals surface area contributed by atoms with Crippen molar-refractivity contribution < 1.29 is 9.18 Å². The lowest BCUT2D eigenvalue weighted by Crippen LogP contribution is -2.35. The van der Waals surface area contributed by atoms with Gasteiger partial charge in [-0.25, -0.2) is 4.39 Å². The Morgan fingerprint density at radius 2 is 2.05 bits per heavy atom. The minimum Gasteiger partial charge on any atom is -0.321 e. The number of carbonyl (C=O) groups excluding carboxylic acids is 1. The first-order valence-corrected chi connectivity index (χ1v) is 8.77. The Kier molecular flexibility index (Phi) is 5.65. The maximum Gasteiger partial charge on any atom is 0.241 e. The van der Waals surface area contributed by atoms with Crippen molar-refractivity contribution in [1.82, 2.24) is 10.2 Å². The summed E-state index contributed by atoms with van der Waals surface area (Å²) in [6.45, 7) is 4.89. The van der Waals surface area contributed by atoms with Gasteiger partial charge in [-0.1, -0.05) is 26.0 Å². The summed E-state index contributed by atoms with van der Waals surface area (Å²) >= 11 is 1.79. The summed E-state index contributed by atoms with van der Waals surface area (Å²) < 4.78 is 13.1. The molecule has 5 heteroatoms. The van der Waals surface area contributed by atoms with E-state index in [9.17, 15) is 9.18 Å². The van der Waals surface area contributed by atoms with Crippen LogP contribution in [0.15, 0.2) is 24.3 Å². The summed E-state index contributed by atoms with van der Waals surface area (Å²) in [7, 11) is 0. The van der Waals surface area contributed by atoms with E-state index in [1.807, 2.05) is 11.8 Å². The van der Waals surface area contributed by atoms with Crippen molar-refractivity contribution in [3.63, 3.8) is 0 Å². The largest absolute Gasteiger partial charge is 0.321 e. The van der Waals surface area contributed by atoms with Crippen LogP contribution in [0.3, 0.4) is 0 Å². The lowest BCUT2D eigenvalue weighted by Gasteiger charge is -2.27. The van der Waals surface area contributed by atoms with Crippen LogP contribution in [0.25, 0.3) is 0 Å². The van der Waals surface area contributed by atoms with E-state index in [-0.39, 0.29) is 23.9 Å². The number of halogens is 1. The number of nitrogens with zero attached hydrogens (tertiary/aromatic N) is 1. The van der Waals surface area contributed by atoms with Crippen molar-refractivity contribution in [2.24, 2.45) is 5.92 Å². The van der Waals surface area contributed by atoms with Crippen molar-refractivity contribution in [2.75, 3.05) is 18.6 Å². The van der Waals surface area contributed by atoms with Crippen molar-refractivity contribution in [3.8, 4) is 0 Å². The molecule has 116 valence electrons. The molecule has 0 aliphatic carbocycles. The maximum absolute atomic E-state index is 13.1. The molecule has 1 amide bonds. The zero-order valence-corrected chi connectivity index (χ0v) is 13.6. The number of rotatable bonds is 6. The number of carbonyl (C=O) groups is 1. The topological polar surface area (TPSA) is 32.3 Å². The number of amides is 1. The Hall–Kier alpha value is -1.07. The minimum atomic E-state index is -0.252. The third kappa shape index (κ3) is 3.77. The fourth-order valence-corrected chi connectivity index (χ4v) is 3.44. The lowest BCUT2D eigenvalue weighted by molar-refractivity contribution is -0.130. The highest BCUT2D eigenvalue weighted by Gasteiger charge is 2.38. The third-order valence-corrected chi connectivity index (χ3v) is 4.71. The molecule has 0 saturated carbocycles. The molecule has 1 heterocycles. The second kappa shape index (κ2) is 7.27. The van der Waals surface area contributed by atoms with Crippen LogP contribution in [0.5, 0.6) is 0 Å². The molecule has 1 aromatic rings. The number of nitrogens with one attached hydrogen (secondary N) is 1. The summed E-state index contributed by atoms with van der Waals surface area (Å²) in [5.74, 6) is 1.36. The number of thioether (sulfide) groups is 1. The zero-order valence-electron chi connectivity index (χ0n) is 12.8. The van der Waals surface area contributed by atoms with Gasteiger partial charge in [0, 0.05) is 6.54 Å². The molecule has 21 heavy (non-hydrogen) atoms. The molecule has 1 N–H and O–H groups in total. The van der Waals surface area contributed by atoms with Crippen LogP contribution in [0.2, 0.25) is 0 Å². The lowest BCUT2D eigenvalue weighted by atomic mass is 10.1. The molecule has 1 fully saturated rings. The van der Waals surface area contributed by atoms with Crippen LogP contribution in [0, 0.1) is 11.7 Å². The number of benzene rings is 1. The van der Waals surface area contributed by atoms with Gasteiger partial charge in [0.25, 0.3) is 0 Å². The molecule has 1 aliphatic rings. The van der Waals surface area contributed by atoms with Crippen LogP contribution < -0.4 is 5.32 Å². The molecule has 0 radical (unpaired) electrons. The Labute approximate surface area is 130 Å². The van der Waals surface area contributed by atoms with Crippen LogP contribution in [-0.4, -0.2) is 35.4 Å². The van der Waals surface area contributed by atoms with E-state index < -0.39 is 0 Å². The van der Waals surface area contributed by atoms with E-state index in [0.29, 0.717) is 5.92 Å². The van der Waals surface area contributed by atoms with E-state index in [4.69, 9.17) is 0 Å². The van der Waals surface area contributed by atoms with E-state index in [2.05, 4.69) is 18.5 Å². The van der Waals surface area contributed by atoms with Gasteiger partial charge < -0.3 is 4.90 Å². The fraction of sp³-hybridized carbons (Fsp3) is 0.562. The highest BCUT2D eigenvalue weighted by Crippen LogP contribution is 2.28. The third-order valence-electron chi connectivity index (χ3n) is 3.81. The van der Waals surface area contributed by atoms with Gasteiger partial charge in [-0.3, -0.25) is 10.1 Å². The zero-order chi connectivity index (χ0) is 15.4. The quantitative estimate of drug-likeness (QED) is 0.876. The Morgan fingerprint density at radius 3 is 2.62 bits per heavy atom. The molecule has 1 saturated heterocycles. The average Bonchev–Trinajstić information content (AvgIpc) is 2.77. The second-order valence-corrected chi connectivity index (χ2v) is 6.54. The van der Waals surface area contributed by atoms with Gasteiger partial charge in [0.15, 0.2) is 0 Å². The molecule has 0 aromatic heterocycles. The molecule has 1 aromatic carbocycles. The summed E-state index contributed by atoms with van der Waals surface area (Å²) in [5.41, 5.74) is 0.942. The first kappa shape index (κ1) is 16.3. The molecular formula is C16H23FN2OS. The normalized spacial score (nSPS) is 23.6. The monoisotopic (exact) mass is 310 g/mol. The SMILES string of the molecule is CCC1NC(c2ccc(F)cc2)N(CC(C)CSC)C1=O. The van der Waals surface area contributed by atoms with Crippen molar-refractivity contribution in [2.45, 2.75) is 32.5 Å². The first-order chi connectivity index (χ1) is 10.1. The summed E-state index contributed by atoms with van der Waals surface area (Å²) in [4.78, 5) is 14.4. The molecule has 3 nitrogen and oxygen atoms in total.